The molecule has 0 bridgehead atoms. The molecule has 0 saturated heterocycles. The van der Waals surface area contributed by atoms with Crippen molar-refractivity contribution in [3.63, 3.8) is 0 Å². The number of carboxylic acids is 1. The van der Waals surface area contributed by atoms with Crippen LogP contribution in [0.25, 0.3) is 0 Å². The number of hydrogen-bond acceptors (Lipinski definition) is 4. The zero-order valence-corrected chi connectivity index (χ0v) is 7.99. The summed E-state index contributed by atoms with van der Waals surface area (Å²) in [6, 6.07) is -0.357. The Balaban J connectivity index is 3.72. The summed E-state index contributed by atoms with van der Waals surface area (Å²) in [5, 5.41) is 20.3. The van der Waals surface area contributed by atoms with Crippen LogP contribution in [0.15, 0.2) is 0 Å². The van der Waals surface area contributed by atoms with Crippen LogP contribution < -0.4 is 5.32 Å². The molecule has 0 aromatic carbocycles. The number of rotatable bonds is 7. The first-order valence-corrected chi connectivity index (χ1v) is 4.17. The number of ether oxygens (including phenoxy) is 1. The molecule has 5 nitrogen and oxygen atoms in total. The Hall–Kier alpha value is -0.650. The minimum absolute atomic E-state index is 0.0419. The van der Waals surface area contributed by atoms with Gasteiger partial charge in [-0.15, -0.1) is 0 Å². The number of carboxylic acid groups (broad SMARTS) is 1. The van der Waals surface area contributed by atoms with E-state index < -0.39 is 5.97 Å². The summed E-state index contributed by atoms with van der Waals surface area (Å²) in [7, 11) is 1.53. The minimum atomic E-state index is -0.853. The molecular weight excluding hydrogens is 174 g/mol. The summed E-state index contributed by atoms with van der Waals surface area (Å²) in [5.74, 6) is -0.853. The number of carbonyl (C=O) groups is 1. The first-order valence-electron chi connectivity index (χ1n) is 4.17. The lowest BCUT2D eigenvalue weighted by Gasteiger charge is -2.19. The second-order valence-corrected chi connectivity index (χ2v) is 3.00. The number of nitrogens with one attached hydrogen (secondary N) is 1. The fourth-order valence-electron chi connectivity index (χ4n) is 1.08. The molecule has 0 heterocycles. The second kappa shape index (κ2) is 6.82. The third-order valence-electron chi connectivity index (χ3n) is 1.59. The van der Waals surface area contributed by atoms with E-state index in [0.717, 1.165) is 0 Å². The van der Waals surface area contributed by atoms with E-state index in [-0.39, 0.29) is 25.1 Å². The predicted molar refractivity (Wildman–Crippen MR) is 47.6 cm³/mol. The number of hydrogen-bond donors (Lipinski definition) is 3. The fourth-order valence-corrected chi connectivity index (χ4v) is 1.08. The molecule has 0 spiro atoms. The van der Waals surface area contributed by atoms with Gasteiger partial charge in [0, 0.05) is 13.2 Å². The van der Waals surface area contributed by atoms with E-state index in [0.29, 0.717) is 6.61 Å². The summed E-state index contributed by atoms with van der Waals surface area (Å²) < 4.78 is 4.83. The Morgan fingerprint density at radius 1 is 1.62 bits per heavy atom. The van der Waals surface area contributed by atoms with E-state index in [1.165, 1.54) is 7.11 Å². The van der Waals surface area contributed by atoms with Gasteiger partial charge in [-0.05, 0) is 6.92 Å². The van der Waals surface area contributed by atoms with E-state index >= 15 is 0 Å². The maximum atomic E-state index is 10.3. The molecule has 0 aromatic heterocycles. The zero-order chi connectivity index (χ0) is 10.3. The van der Waals surface area contributed by atoms with Gasteiger partial charge in [0.25, 0.3) is 0 Å². The molecule has 5 heteroatoms. The van der Waals surface area contributed by atoms with E-state index in [9.17, 15) is 4.79 Å². The first kappa shape index (κ1) is 12.3. The Kier molecular flexibility index (Phi) is 6.48. The maximum absolute atomic E-state index is 10.3. The molecule has 0 amide bonds. The van der Waals surface area contributed by atoms with Gasteiger partial charge in [-0.2, -0.15) is 0 Å². The van der Waals surface area contributed by atoms with Crippen LogP contribution in [-0.4, -0.2) is 48.6 Å². The maximum Gasteiger partial charge on any atom is 0.304 e. The summed E-state index contributed by atoms with van der Waals surface area (Å²) in [6.45, 7) is 2.07. The minimum Gasteiger partial charge on any atom is -0.481 e. The van der Waals surface area contributed by atoms with Gasteiger partial charge in [0.2, 0.25) is 0 Å². The molecule has 0 fully saturated rings. The highest BCUT2D eigenvalue weighted by atomic mass is 16.5. The molecule has 2 atom stereocenters. The van der Waals surface area contributed by atoms with Crippen molar-refractivity contribution < 1.29 is 19.7 Å². The standard InChI is InChI=1S/C8H17NO4/c1-6(3-8(11)12)9-7(4-10)5-13-2/h6-7,9-10H,3-5H2,1-2H3,(H,11,12). The third-order valence-corrected chi connectivity index (χ3v) is 1.59. The van der Waals surface area contributed by atoms with Gasteiger partial charge in [0.05, 0.1) is 25.7 Å². The van der Waals surface area contributed by atoms with E-state index in [2.05, 4.69) is 5.32 Å². The summed E-state index contributed by atoms with van der Waals surface area (Å²) in [6.07, 6.45) is 0.0419. The van der Waals surface area contributed by atoms with Gasteiger partial charge < -0.3 is 20.3 Å². The smallest absolute Gasteiger partial charge is 0.304 e. The molecule has 3 N–H and O–H groups in total. The molecule has 78 valence electrons. The van der Waals surface area contributed by atoms with Crippen molar-refractivity contribution in [3.8, 4) is 0 Å². The Morgan fingerprint density at radius 2 is 2.23 bits per heavy atom. The summed E-state index contributed by atoms with van der Waals surface area (Å²) >= 11 is 0. The zero-order valence-electron chi connectivity index (χ0n) is 7.99. The van der Waals surface area contributed by atoms with Gasteiger partial charge >= 0.3 is 5.97 Å². The normalized spacial score (nSPS) is 15.3. The van der Waals surface area contributed by atoms with Gasteiger partial charge in [0.15, 0.2) is 0 Å². The average Bonchev–Trinajstić information content (AvgIpc) is 2.02. The van der Waals surface area contributed by atoms with Gasteiger partial charge in [-0.3, -0.25) is 4.79 Å². The highest BCUT2D eigenvalue weighted by Crippen LogP contribution is 1.93. The van der Waals surface area contributed by atoms with Crippen molar-refractivity contribution in [1.29, 1.82) is 0 Å². The van der Waals surface area contributed by atoms with Crippen molar-refractivity contribution in [2.45, 2.75) is 25.4 Å². The first-order chi connectivity index (χ1) is 6.10. The van der Waals surface area contributed by atoms with Crippen LogP contribution in [0.2, 0.25) is 0 Å². The molecule has 0 rings (SSSR count). The molecule has 0 aliphatic carbocycles. The lowest BCUT2D eigenvalue weighted by molar-refractivity contribution is -0.137. The summed E-state index contributed by atoms with van der Waals surface area (Å²) in [5.41, 5.74) is 0. The largest absolute Gasteiger partial charge is 0.481 e. The third kappa shape index (κ3) is 6.51. The molecular formula is C8H17NO4. The molecule has 0 radical (unpaired) electrons. The van der Waals surface area contributed by atoms with Crippen LogP contribution in [0.5, 0.6) is 0 Å². The Bertz CT molecular complexity index is 151. The monoisotopic (exact) mass is 191 g/mol. The van der Waals surface area contributed by atoms with Crippen LogP contribution in [0.3, 0.4) is 0 Å². The lowest BCUT2D eigenvalue weighted by Crippen LogP contribution is -2.42. The van der Waals surface area contributed by atoms with Crippen LogP contribution in [-0.2, 0) is 9.53 Å². The van der Waals surface area contributed by atoms with Crippen LogP contribution >= 0.6 is 0 Å². The molecule has 0 aromatic rings. The molecule has 13 heavy (non-hydrogen) atoms. The van der Waals surface area contributed by atoms with Crippen molar-refractivity contribution >= 4 is 5.97 Å². The quantitative estimate of drug-likeness (QED) is 0.503. The van der Waals surface area contributed by atoms with Gasteiger partial charge in [-0.1, -0.05) is 0 Å². The Labute approximate surface area is 77.7 Å². The van der Waals surface area contributed by atoms with Crippen molar-refractivity contribution in [2.24, 2.45) is 0 Å². The predicted octanol–water partition coefficient (Wildman–Crippen LogP) is -0.553. The molecule has 2 unspecified atom stereocenters. The number of aliphatic hydroxyl groups is 1. The van der Waals surface area contributed by atoms with Gasteiger partial charge in [0.1, 0.15) is 0 Å². The number of aliphatic carboxylic acids is 1. The number of methoxy groups -OCH3 is 1. The van der Waals surface area contributed by atoms with Crippen LogP contribution in [0.4, 0.5) is 0 Å². The second-order valence-electron chi connectivity index (χ2n) is 3.00. The Morgan fingerprint density at radius 3 is 2.62 bits per heavy atom. The van der Waals surface area contributed by atoms with E-state index in [1.807, 2.05) is 0 Å². The highest BCUT2D eigenvalue weighted by molar-refractivity contribution is 5.67. The SMILES string of the molecule is COCC(CO)NC(C)CC(=O)O. The highest BCUT2D eigenvalue weighted by Gasteiger charge is 2.12. The van der Waals surface area contributed by atoms with E-state index in [4.69, 9.17) is 14.9 Å². The van der Waals surface area contributed by atoms with Crippen molar-refractivity contribution in [2.75, 3.05) is 20.3 Å². The van der Waals surface area contributed by atoms with Crippen molar-refractivity contribution in [1.82, 2.24) is 5.32 Å². The van der Waals surface area contributed by atoms with Gasteiger partial charge in [-0.25, -0.2) is 0 Å². The fraction of sp³-hybridized carbons (Fsp3) is 0.875. The average molecular weight is 191 g/mol. The summed E-state index contributed by atoms with van der Waals surface area (Å²) in [4.78, 5) is 10.3. The van der Waals surface area contributed by atoms with Crippen LogP contribution in [0.1, 0.15) is 13.3 Å². The van der Waals surface area contributed by atoms with Crippen molar-refractivity contribution in [3.05, 3.63) is 0 Å². The van der Waals surface area contributed by atoms with Crippen LogP contribution in [0, 0.1) is 0 Å². The molecule has 0 aliphatic heterocycles. The molecule has 0 aliphatic rings. The number of aliphatic hydroxyl groups excluding tert-OH is 1. The van der Waals surface area contributed by atoms with E-state index in [1.54, 1.807) is 6.92 Å². The topological polar surface area (TPSA) is 78.8 Å². The lowest BCUT2D eigenvalue weighted by atomic mass is 10.2. The molecule has 0 saturated carbocycles.